The number of nitrogens with one attached hydrogen (secondary N) is 1. The Kier molecular flexibility index (Phi) is 9.58. The maximum absolute atomic E-state index is 11.9. The summed E-state index contributed by atoms with van der Waals surface area (Å²) < 4.78 is 0. The number of nitrogens with two attached hydrogens (primary N) is 1. The van der Waals surface area contributed by atoms with Gasteiger partial charge < -0.3 is 16.2 Å². The van der Waals surface area contributed by atoms with Crippen LogP contribution in [0.3, 0.4) is 0 Å². The van der Waals surface area contributed by atoms with Gasteiger partial charge in [-0.3, -0.25) is 4.79 Å². The van der Waals surface area contributed by atoms with E-state index in [9.17, 15) is 9.59 Å². The van der Waals surface area contributed by atoms with Crippen molar-refractivity contribution in [1.29, 1.82) is 0 Å². The van der Waals surface area contributed by atoms with Crippen molar-refractivity contribution in [2.24, 2.45) is 0 Å². The summed E-state index contributed by atoms with van der Waals surface area (Å²) in [5, 5.41) is 11.6. The second kappa shape index (κ2) is 11.5. The standard InChI is InChI=1S/C19H30N2O3/c1-2-3-4-5-6-7-8-9-10-11-18(22)21-17-13-12-15(19(23)24)14-16(17)20/h12-14H,2-11,20H2,1H3,(H,21,22)(H,23,24). The van der Waals surface area contributed by atoms with Gasteiger partial charge in [0.05, 0.1) is 16.9 Å². The molecule has 0 fully saturated rings. The summed E-state index contributed by atoms with van der Waals surface area (Å²) >= 11 is 0. The molecule has 0 aliphatic heterocycles. The number of rotatable bonds is 12. The van der Waals surface area contributed by atoms with E-state index in [0.29, 0.717) is 12.1 Å². The van der Waals surface area contributed by atoms with Gasteiger partial charge in [0.15, 0.2) is 0 Å². The van der Waals surface area contributed by atoms with Gasteiger partial charge in [0.2, 0.25) is 5.91 Å². The lowest BCUT2D eigenvalue weighted by atomic mass is 10.1. The summed E-state index contributed by atoms with van der Waals surface area (Å²) in [4.78, 5) is 22.8. The van der Waals surface area contributed by atoms with Crippen LogP contribution in [0.25, 0.3) is 0 Å². The number of carbonyl (C=O) groups excluding carboxylic acids is 1. The highest BCUT2D eigenvalue weighted by atomic mass is 16.4. The van der Waals surface area contributed by atoms with Crippen LogP contribution < -0.4 is 11.1 Å². The van der Waals surface area contributed by atoms with Crippen molar-refractivity contribution >= 4 is 23.3 Å². The van der Waals surface area contributed by atoms with E-state index in [4.69, 9.17) is 10.8 Å². The predicted octanol–water partition coefficient (Wildman–Crippen LogP) is 4.83. The minimum Gasteiger partial charge on any atom is -0.478 e. The Bertz CT molecular complexity index is 529. The quantitative estimate of drug-likeness (QED) is 0.377. The van der Waals surface area contributed by atoms with E-state index in [0.717, 1.165) is 12.8 Å². The maximum atomic E-state index is 11.9. The molecule has 0 aromatic heterocycles. The van der Waals surface area contributed by atoms with Crippen LogP contribution in [0.1, 0.15) is 81.5 Å². The number of hydrogen-bond acceptors (Lipinski definition) is 3. The molecular formula is C19H30N2O3. The Hall–Kier alpha value is -2.04. The van der Waals surface area contributed by atoms with E-state index < -0.39 is 5.97 Å². The molecule has 0 bridgehead atoms. The molecule has 0 unspecified atom stereocenters. The van der Waals surface area contributed by atoms with Crippen molar-refractivity contribution in [1.82, 2.24) is 0 Å². The summed E-state index contributed by atoms with van der Waals surface area (Å²) in [5.74, 6) is -1.11. The van der Waals surface area contributed by atoms with Crippen LogP contribution in [0.2, 0.25) is 0 Å². The molecule has 0 radical (unpaired) electrons. The summed E-state index contributed by atoms with van der Waals surface area (Å²) in [6.45, 7) is 2.22. The average Bonchev–Trinajstić information content (AvgIpc) is 2.55. The molecule has 5 heteroatoms. The number of benzene rings is 1. The van der Waals surface area contributed by atoms with E-state index in [1.807, 2.05) is 0 Å². The Morgan fingerprint density at radius 2 is 1.58 bits per heavy atom. The van der Waals surface area contributed by atoms with Crippen molar-refractivity contribution in [2.75, 3.05) is 11.1 Å². The second-order valence-electron chi connectivity index (χ2n) is 6.23. The first-order valence-corrected chi connectivity index (χ1v) is 8.97. The molecular weight excluding hydrogens is 304 g/mol. The first kappa shape index (κ1) is 20.0. The number of nitrogen functional groups attached to an aromatic ring is 1. The van der Waals surface area contributed by atoms with Crippen LogP contribution in [0.5, 0.6) is 0 Å². The fraction of sp³-hybridized carbons (Fsp3) is 0.579. The third kappa shape index (κ3) is 7.99. The van der Waals surface area contributed by atoms with Crippen molar-refractivity contribution in [2.45, 2.75) is 71.1 Å². The van der Waals surface area contributed by atoms with E-state index in [2.05, 4.69) is 12.2 Å². The monoisotopic (exact) mass is 334 g/mol. The molecule has 0 aliphatic carbocycles. The van der Waals surface area contributed by atoms with Gasteiger partial charge in [0, 0.05) is 6.42 Å². The number of carbonyl (C=O) groups is 2. The molecule has 134 valence electrons. The molecule has 1 aromatic rings. The normalized spacial score (nSPS) is 10.5. The molecule has 0 saturated carbocycles. The fourth-order valence-electron chi connectivity index (χ4n) is 2.62. The van der Waals surface area contributed by atoms with Gasteiger partial charge in [-0.15, -0.1) is 0 Å². The summed E-state index contributed by atoms with van der Waals surface area (Å²) in [7, 11) is 0. The highest BCUT2D eigenvalue weighted by Crippen LogP contribution is 2.20. The van der Waals surface area contributed by atoms with Crippen LogP contribution in [0.15, 0.2) is 18.2 Å². The van der Waals surface area contributed by atoms with E-state index in [1.165, 1.54) is 63.1 Å². The zero-order valence-corrected chi connectivity index (χ0v) is 14.6. The van der Waals surface area contributed by atoms with Gasteiger partial charge in [-0.05, 0) is 24.6 Å². The zero-order chi connectivity index (χ0) is 17.8. The van der Waals surface area contributed by atoms with Crippen LogP contribution in [0.4, 0.5) is 11.4 Å². The lowest BCUT2D eigenvalue weighted by molar-refractivity contribution is -0.116. The topological polar surface area (TPSA) is 92.4 Å². The molecule has 0 aliphatic rings. The minimum absolute atomic E-state index is 0.0762. The maximum Gasteiger partial charge on any atom is 0.335 e. The van der Waals surface area contributed by atoms with Gasteiger partial charge in [0.25, 0.3) is 0 Å². The fourth-order valence-corrected chi connectivity index (χ4v) is 2.62. The lowest BCUT2D eigenvalue weighted by Gasteiger charge is -2.09. The van der Waals surface area contributed by atoms with Crippen molar-refractivity contribution < 1.29 is 14.7 Å². The lowest BCUT2D eigenvalue weighted by Crippen LogP contribution is -2.13. The number of amides is 1. The van der Waals surface area contributed by atoms with Crippen molar-refractivity contribution in [3.8, 4) is 0 Å². The summed E-state index contributed by atoms with van der Waals surface area (Å²) in [5.41, 5.74) is 6.64. The average molecular weight is 334 g/mol. The summed E-state index contributed by atoms with van der Waals surface area (Å²) in [6.07, 6.45) is 11.4. The molecule has 5 nitrogen and oxygen atoms in total. The van der Waals surface area contributed by atoms with Crippen LogP contribution in [-0.2, 0) is 4.79 Å². The van der Waals surface area contributed by atoms with Gasteiger partial charge >= 0.3 is 5.97 Å². The zero-order valence-electron chi connectivity index (χ0n) is 14.6. The number of hydrogen-bond donors (Lipinski definition) is 3. The Morgan fingerprint density at radius 3 is 2.12 bits per heavy atom. The van der Waals surface area contributed by atoms with E-state index in [-0.39, 0.29) is 17.2 Å². The Labute approximate surface area is 144 Å². The number of carboxylic acid groups (broad SMARTS) is 1. The summed E-state index contributed by atoms with van der Waals surface area (Å²) in [6, 6.07) is 4.33. The molecule has 0 saturated heterocycles. The van der Waals surface area contributed by atoms with Crippen LogP contribution in [0, 0.1) is 0 Å². The molecule has 4 N–H and O–H groups in total. The molecule has 0 atom stereocenters. The molecule has 24 heavy (non-hydrogen) atoms. The van der Waals surface area contributed by atoms with Gasteiger partial charge in [-0.25, -0.2) is 4.79 Å². The molecule has 1 amide bonds. The third-order valence-electron chi connectivity index (χ3n) is 4.08. The van der Waals surface area contributed by atoms with Crippen molar-refractivity contribution in [3.05, 3.63) is 23.8 Å². The SMILES string of the molecule is CCCCCCCCCCCC(=O)Nc1ccc(C(=O)O)cc1N. The highest BCUT2D eigenvalue weighted by molar-refractivity contribution is 5.96. The second-order valence-corrected chi connectivity index (χ2v) is 6.23. The predicted molar refractivity (Wildman–Crippen MR) is 98.3 cm³/mol. The number of carboxylic acids is 1. The molecule has 1 rings (SSSR count). The first-order valence-electron chi connectivity index (χ1n) is 8.97. The highest BCUT2D eigenvalue weighted by Gasteiger charge is 2.08. The van der Waals surface area contributed by atoms with Gasteiger partial charge in [0.1, 0.15) is 0 Å². The van der Waals surface area contributed by atoms with Crippen LogP contribution in [-0.4, -0.2) is 17.0 Å². The third-order valence-corrected chi connectivity index (χ3v) is 4.08. The minimum atomic E-state index is -1.03. The van der Waals surface area contributed by atoms with E-state index >= 15 is 0 Å². The van der Waals surface area contributed by atoms with Gasteiger partial charge in [-0.2, -0.15) is 0 Å². The number of aromatic carboxylic acids is 1. The smallest absolute Gasteiger partial charge is 0.335 e. The number of anilines is 2. The number of unbranched alkanes of at least 4 members (excludes halogenated alkanes) is 8. The van der Waals surface area contributed by atoms with Gasteiger partial charge in [-0.1, -0.05) is 58.3 Å². The molecule has 0 spiro atoms. The van der Waals surface area contributed by atoms with E-state index in [1.54, 1.807) is 0 Å². The largest absolute Gasteiger partial charge is 0.478 e. The Morgan fingerprint density at radius 1 is 1.00 bits per heavy atom. The Balaban J connectivity index is 2.17. The van der Waals surface area contributed by atoms with Crippen molar-refractivity contribution in [3.63, 3.8) is 0 Å². The molecule has 0 heterocycles. The first-order chi connectivity index (χ1) is 11.5. The van der Waals surface area contributed by atoms with Crippen LogP contribution >= 0.6 is 0 Å². The molecule has 1 aromatic carbocycles.